The molecule has 0 bridgehead atoms. The SMILES string of the molecule is CSc1nccn1-c1cccc(C(=O)N(Cc2ccco2)CC(F)(F)F)c1. The predicted octanol–water partition coefficient (Wildman–Crippen LogP) is 4.39. The van der Waals surface area contributed by atoms with Crippen LogP contribution in [-0.4, -0.2) is 39.3 Å². The highest BCUT2D eigenvalue weighted by Crippen LogP contribution is 2.23. The van der Waals surface area contributed by atoms with Gasteiger partial charge in [-0.15, -0.1) is 0 Å². The second kappa shape index (κ2) is 7.91. The molecule has 3 rings (SSSR count). The molecule has 0 aliphatic carbocycles. The van der Waals surface area contributed by atoms with Crippen molar-refractivity contribution in [2.24, 2.45) is 0 Å². The number of hydrogen-bond acceptors (Lipinski definition) is 4. The third-order valence-corrected chi connectivity index (χ3v) is 4.41. The Balaban J connectivity index is 1.90. The number of halogens is 3. The quantitative estimate of drug-likeness (QED) is 0.581. The van der Waals surface area contributed by atoms with E-state index in [1.807, 2.05) is 6.26 Å². The van der Waals surface area contributed by atoms with Crippen molar-refractivity contribution in [3.8, 4) is 5.69 Å². The summed E-state index contributed by atoms with van der Waals surface area (Å²) in [5.41, 5.74) is 0.803. The van der Waals surface area contributed by atoms with Gasteiger partial charge in [-0.25, -0.2) is 4.98 Å². The van der Waals surface area contributed by atoms with Crippen LogP contribution >= 0.6 is 11.8 Å². The molecule has 0 aliphatic heterocycles. The molecule has 0 spiro atoms. The van der Waals surface area contributed by atoms with E-state index in [0.717, 1.165) is 4.90 Å². The van der Waals surface area contributed by atoms with E-state index in [1.165, 1.54) is 30.2 Å². The second-order valence-corrected chi connectivity index (χ2v) is 6.46. The Morgan fingerprint density at radius 1 is 1.30 bits per heavy atom. The monoisotopic (exact) mass is 395 g/mol. The topological polar surface area (TPSA) is 51.3 Å². The first-order valence-electron chi connectivity index (χ1n) is 7.93. The number of aromatic nitrogens is 2. The third kappa shape index (κ3) is 4.73. The largest absolute Gasteiger partial charge is 0.467 e. The number of imidazole rings is 1. The zero-order chi connectivity index (χ0) is 19.4. The van der Waals surface area contributed by atoms with Crippen molar-refractivity contribution in [2.45, 2.75) is 17.9 Å². The van der Waals surface area contributed by atoms with Crippen LogP contribution in [0.2, 0.25) is 0 Å². The van der Waals surface area contributed by atoms with Gasteiger partial charge in [0.05, 0.1) is 12.8 Å². The molecule has 0 unspecified atom stereocenters. The lowest BCUT2D eigenvalue weighted by Crippen LogP contribution is -2.38. The summed E-state index contributed by atoms with van der Waals surface area (Å²) >= 11 is 1.42. The Morgan fingerprint density at radius 3 is 2.78 bits per heavy atom. The zero-order valence-corrected chi connectivity index (χ0v) is 15.1. The summed E-state index contributed by atoms with van der Waals surface area (Å²) in [6.45, 7) is -1.63. The van der Waals surface area contributed by atoms with Crippen LogP contribution < -0.4 is 0 Å². The third-order valence-electron chi connectivity index (χ3n) is 3.74. The molecule has 1 aromatic carbocycles. The summed E-state index contributed by atoms with van der Waals surface area (Å²) in [4.78, 5) is 17.7. The molecule has 27 heavy (non-hydrogen) atoms. The van der Waals surface area contributed by atoms with Crippen molar-refractivity contribution >= 4 is 17.7 Å². The Bertz CT molecular complexity index is 907. The molecule has 3 aromatic rings. The van der Waals surface area contributed by atoms with Gasteiger partial charge in [0.2, 0.25) is 0 Å². The van der Waals surface area contributed by atoms with Crippen molar-refractivity contribution in [3.05, 3.63) is 66.4 Å². The molecule has 0 saturated heterocycles. The van der Waals surface area contributed by atoms with Gasteiger partial charge in [0.15, 0.2) is 5.16 Å². The highest BCUT2D eigenvalue weighted by Gasteiger charge is 2.34. The highest BCUT2D eigenvalue weighted by molar-refractivity contribution is 7.98. The maximum atomic E-state index is 13.0. The van der Waals surface area contributed by atoms with E-state index in [2.05, 4.69) is 4.98 Å². The van der Waals surface area contributed by atoms with Crippen LogP contribution in [0.25, 0.3) is 5.69 Å². The van der Waals surface area contributed by atoms with Gasteiger partial charge < -0.3 is 9.32 Å². The molecule has 0 saturated carbocycles. The Hall–Kier alpha value is -2.68. The fraction of sp³-hybridized carbons (Fsp3) is 0.222. The average Bonchev–Trinajstić information content (AvgIpc) is 3.30. The van der Waals surface area contributed by atoms with Crippen LogP contribution in [0.4, 0.5) is 13.2 Å². The number of rotatable bonds is 6. The number of alkyl halides is 3. The Kier molecular flexibility index (Phi) is 5.59. The number of benzene rings is 1. The molecule has 5 nitrogen and oxygen atoms in total. The molecule has 0 N–H and O–H groups in total. The number of nitrogens with zero attached hydrogens (tertiary/aromatic N) is 3. The lowest BCUT2D eigenvalue weighted by molar-refractivity contribution is -0.142. The van der Waals surface area contributed by atoms with Gasteiger partial charge in [0.1, 0.15) is 12.3 Å². The summed E-state index contributed by atoms with van der Waals surface area (Å²) in [6, 6.07) is 9.53. The summed E-state index contributed by atoms with van der Waals surface area (Å²) in [7, 11) is 0. The Labute approximate surface area is 157 Å². The second-order valence-electron chi connectivity index (χ2n) is 5.69. The summed E-state index contributed by atoms with van der Waals surface area (Å²) < 4.78 is 45.8. The minimum Gasteiger partial charge on any atom is -0.467 e. The number of thioether (sulfide) groups is 1. The predicted molar refractivity (Wildman–Crippen MR) is 94.8 cm³/mol. The van der Waals surface area contributed by atoms with Gasteiger partial charge in [0, 0.05) is 23.6 Å². The van der Waals surface area contributed by atoms with Crippen LogP contribution in [0.3, 0.4) is 0 Å². The lowest BCUT2D eigenvalue weighted by atomic mass is 10.1. The molecule has 2 heterocycles. The highest BCUT2D eigenvalue weighted by atomic mass is 32.2. The van der Waals surface area contributed by atoms with Crippen molar-refractivity contribution in [1.29, 1.82) is 0 Å². The molecular formula is C18H16F3N3O2S. The van der Waals surface area contributed by atoms with Gasteiger partial charge >= 0.3 is 6.18 Å². The smallest absolute Gasteiger partial charge is 0.406 e. The summed E-state index contributed by atoms with van der Waals surface area (Å²) in [5, 5.41) is 0.710. The fourth-order valence-corrected chi connectivity index (χ4v) is 3.14. The molecule has 142 valence electrons. The van der Waals surface area contributed by atoms with Crippen LogP contribution in [0.1, 0.15) is 16.1 Å². The van der Waals surface area contributed by atoms with Crippen LogP contribution in [0.5, 0.6) is 0 Å². The first-order chi connectivity index (χ1) is 12.9. The number of amides is 1. The van der Waals surface area contributed by atoms with E-state index < -0.39 is 18.6 Å². The number of furan rings is 1. The minimum absolute atomic E-state index is 0.157. The molecule has 0 radical (unpaired) electrons. The fourth-order valence-electron chi connectivity index (χ4n) is 2.62. The van der Waals surface area contributed by atoms with E-state index in [-0.39, 0.29) is 17.9 Å². The van der Waals surface area contributed by atoms with E-state index >= 15 is 0 Å². The van der Waals surface area contributed by atoms with E-state index in [0.29, 0.717) is 10.8 Å². The van der Waals surface area contributed by atoms with Crippen LogP contribution in [-0.2, 0) is 6.54 Å². The molecule has 0 atom stereocenters. The maximum Gasteiger partial charge on any atom is 0.406 e. The van der Waals surface area contributed by atoms with Gasteiger partial charge in [-0.05, 0) is 36.6 Å². The normalized spacial score (nSPS) is 11.6. The molecule has 9 heteroatoms. The zero-order valence-electron chi connectivity index (χ0n) is 14.3. The standard InChI is InChI=1S/C18H16F3N3O2S/c1-27-17-22-7-8-24(17)14-5-2-4-13(10-14)16(25)23(12-18(19,20)21)11-15-6-3-9-26-15/h2-10H,11-12H2,1H3. The van der Waals surface area contributed by atoms with Gasteiger partial charge in [-0.3, -0.25) is 9.36 Å². The van der Waals surface area contributed by atoms with E-state index in [1.54, 1.807) is 41.2 Å². The first kappa shape index (κ1) is 19.1. The van der Waals surface area contributed by atoms with Gasteiger partial charge in [-0.1, -0.05) is 17.8 Å². The number of hydrogen-bond donors (Lipinski definition) is 0. The number of carbonyl (C=O) groups is 1. The average molecular weight is 395 g/mol. The van der Waals surface area contributed by atoms with Crippen LogP contribution in [0.15, 0.2) is 64.6 Å². The minimum atomic E-state index is -4.52. The van der Waals surface area contributed by atoms with Crippen molar-refractivity contribution in [2.75, 3.05) is 12.8 Å². The van der Waals surface area contributed by atoms with Gasteiger partial charge in [0.25, 0.3) is 5.91 Å². The Morgan fingerprint density at radius 2 is 2.11 bits per heavy atom. The van der Waals surface area contributed by atoms with E-state index in [4.69, 9.17) is 4.42 Å². The lowest BCUT2D eigenvalue weighted by Gasteiger charge is -2.23. The summed E-state index contributed by atoms with van der Waals surface area (Å²) in [5.74, 6) is -0.445. The molecular weight excluding hydrogens is 379 g/mol. The van der Waals surface area contributed by atoms with Crippen molar-refractivity contribution < 1.29 is 22.4 Å². The molecule has 1 amide bonds. The molecule has 2 aromatic heterocycles. The molecule has 0 fully saturated rings. The van der Waals surface area contributed by atoms with Crippen molar-refractivity contribution in [1.82, 2.24) is 14.5 Å². The maximum absolute atomic E-state index is 13.0. The van der Waals surface area contributed by atoms with E-state index in [9.17, 15) is 18.0 Å². The summed E-state index contributed by atoms with van der Waals surface area (Å²) in [6.07, 6.45) is 2.05. The van der Waals surface area contributed by atoms with Gasteiger partial charge in [-0.2, -0.15) is 13.2 Å². The number of carbonyl (C=O) groups excluding carboxylic acids is 1. The van der Waals surface area contributed by atoms with Crippen molar-refractivity contribution in [3.63, 3.8) is 0 Å². The first-order valence-corrected chi connectivity index (χ1v) is 9.16. The van der Waals surface area contributed by atoms with Crippen LogP contribution in [0, 0.1) is 0 Å². The molecule has 0 aliphatic rings.